The Labute approximate surface area is 82.3 Å². The lowest BCUT2D eigenvalue weighted by atomic mass is 10.4. The van der Waals surface area contributed by atoms with E-state index < -0.39 is 0 Å². The van der Waals surface area contributed by atoms with Crippen LogP contribution in [0.15, 0.2) is 24.4 Å². The first-order valence-electron chi connectivity index (χ1n) is 4.68. The van der Waals surface area contributed by atoms with E-state index in [4.69, 9.17) is 10.5 Å². The van der Waals surface area contributed by atoms with Crippen molar-refractivity contribution in [3.8, 4) is 5.88 Å². The highest BCUT2D eigenvalue weighted by Gasteiger charge is 2.08. The summed E-state index contributed by atoms with van der Waals surface area (Å²) in [6.45, 7) is 2.69. The maximum absolute atomic E-state index is 5.87. The Morgan fingerprint density at radius 2 is 2.36 bits per heavy atom. The Bertz CT molecular complexity index is 436. The molecule has 2 heterocycles. The summed E-state index contributed by atoms with van der Waals surface area (Å²) < 4.78 is 7.14. The average Bonchev–Trinajstić information content (AvgIpc) is 2.54. The number of fused-ring (bicyclic) bond motifs is 1. The van der Waals surface area contributed by atoms with Gasteiger partial charge < -0.3 is 10.5 Å². The molecule has 0 saturated carbocycles. The van der Waals surface area contributed by atoms with Crippen LogP contribution in [-0.4, -0.2) is 16.2 Å². The van der Waals surface area contributed by atoms with Gasteiger partial charge in [-0.05, 0) is 18.6 Å². The molecule has 0 aliphatic rings. The van der Waals surface area contributed by atoms with Crippen molar-refractivity contribution in [3.63, 3.8) is 0 Å². The molecule has 0 aliphatic heterocycles. The summed E-state index contributed by atoms with van der Waals surface area (Å²) in [7, 11) is 0. The zero-order valence-corrected chi connectivity index (χ0v) is 8.10. The van der Waals surface area contributed by atoms with Gasteiger partial charge in [-0.15, -0.1) is 5.10 Å². The molecule has 74 valence electrons. The number of hydrogen-bond donors (Lipinski definition) is 1. The van der Waals surface area contributed by atoms with E-state index >= 15 is 0 Å². The average molecular weight is 191 g/mol. The molecule has 14 heavy (non-hydrogen) atoms. The molecule has 0 spiro atoms. The second-order valence-corrected chi connectivity index (χ2v) is 3.10. The Morgan fingerprint density at radius 3 is 3.07 bits per heavy atom. The van der Waals surface area contributed by atoms with Gasteiger partial charge in [0.2, 0.25) is 0 Å². The summed E-state index contributed by atoms with van der Waals surface area (Å²) in [6, 6.07) is 5.75. The van der Waals surface area contributed by atoms with Crippen molar-refractivity contribution in [1.82, 2.24) is 9.61 Å². The van der Waals surface area contributed by atoms with Crippen LogP contribution in [0.3, 0.4) is 0 Å². The SMILES string of the molecule is CCCOc1nn2ccccc2c1N. The third kappa shape index (κ3) is 1.39. The third-order valence-corrected chi connectivity index (χ3v) is 1.99. The van der Waals surface area contributed by atoms with Gasteiger partial charge in [0.05, 0.1) is 12.1 Å². The van der Waals surface area contributed by atoms with E-state index in [1.807, 2.05) is 31.3 Å². The van der Waals surface area contributed by atoms with Gasteiger partial charge in [0.15, 0.2) is 0 Å². The van der Waals surface area contributed by atoms with Crippen LogP contribution < -0.4 is 10.5 Å². The standard InChI is InChI=1S/C10H13N3O/c1-2-7-14-10-9(11)8-5-3-4-6-13(8)12-10/h3-6H,2,7,11H2,1H3. The predicted molar refractivity (Wildman–Crippen MR) is 55.4 cm³/mol. The zero-order chi connectivity index (χ0) is 9.97. The van der Waals surface area contributed by atoms with Crippen molar-refractivity contribution in [2.24, 2.45) is 0 Å². The van der Waals surface area contributed by atoms with Crippen LogP contribution >= 0.6 is 0 Å². The second kappa shape index (κ2) is 3.57. The summed E-state index contributed by atoms with van der Waals surface area (Å²) in [6.07, 6.45) is 2.80. The molecule has 0 atom stereocenters. The fourth-order valence-corrected chi connectivity index (χ4v) is 1.30. The minimum atomic E-state index is 0.526. The van der Waals surface area contributed by atoms with Gasteiger partial charge >= 0.3 is 0 Å². The van der Waals surface area contributed by atoms with Gasteiger partial charge in [-0.1, -0.05) is 13.0 Å². The Kier molecular flexibility index (Phi) is 2.26. The van der Waals surface area contributed by atoms with E-state index in [0.717, 1.165) is 11.9 Å². The third-order valence-electron chi connectivity index (χ3n) is 1.99. The number of pyridine rings is 1. The van der Waals surface area contributed by atoms with Gasteiger partial charge in [-0.3, -0.25) is 0 Å². The van der Waals surface area contributed by atoms with E-state index in [9.17, 15) is 0 Å². The first kappa shape index (κ1) is 8.87. The molecule has 0 bridgehead atoms. The van der Waals surface area contributed by atoms with Gasteiger partial charge in [0, 0.05) is 6.20 Å². The van der Waals surface area contributed by atoms with Crippen LogP contribution in [0.2, 0.25) is 0 Å². The Morgan fingerprint density at radius 1 is 1.50 bits per heavy atom. The maximum Gasteiger partial charge on any atom is 0.257 e. The molecule has 0 aliphatic carbocycles. The van der Waals surface area contributed by atoms with Crippen molar-refractivity contribution >= 4 is 11.2 Å². The largest absolute Gasteiger partial charge is 0.475 e. The molecule has 0 saturated heterocycles. The maximum atomic E-state index is 5.87. The number of hydrogen-bond acceptors (Lipinski definition) is 3. The smallest absolute Gasteiger partial charge is 0.257 e. The molecule has 2 N–H and O–H groups in total. The van der Waals surface area contributed by atoms with Gasteiger partial charge in [0.1, 0.15) is 5.69 Å². The lowest BCUT2D eigenvalue weighted by Crippen LogP contribution is -1.97. The fraction of sp³-hybridized carbons (Fsp3) is 0.300. The molecule has 0 aromatic carbocycles. The van der Waals surface area contributed by atoms with Crippen LogP contribution in [0, 0.1) is 0 Å². The molecule has 0 fully saturated rings. The molecular weight excluding hydrogens is 178 g/mol. The van der Waals surface area contributed by atoms with E-state index in [2.05, 4.69) is 5.10 Å². The van der Waals surface area contributed by atoms with E-state index in [-0.39, 0.29) is 0 Å². The fourth-order valence-electron chi connectivity index (χ4n) is 1.30. The molecule has 0 unspecified atom stereocenters. The van der Waals surface area contributed by atoms with Crippen molar-refractivity contribution < 1.29 is 4.74 Å². The lowest BCUT2D eigenvalue weighted by molar-refractivity contribution is 0.305. The van der Waals surface area contributed by atoms with E-state index in [1.54, 1.807) is 4.52 Å². The van der Waals surface area contributed by atoms with Crippen molar-refractivity contribution in [2.75, 3.05) is 12.3 Å². The van der Waals surface area contributed by atoms with E-state index in [0.29, 0.717) is 18.2 Å². The molecule has 0 amide bonds. The molecule has 2 aromatic heterocycles. The quantitative estimate of drug-likeness (QED) is 0.803. The van der Waals surface area contributed by atoms with Gasteiger partial charge in [-0.25, -0.2) is 4.52 Å². The summed E-state index contributed by atoms with van der Waals surface area (Å²) in [5, 5.41) is 4.22. The first-order chi connectivity index (χ1) is 6.83. The molecule has 4 heteroatoms. The Balaban J connectivity index is 2.41. The molecular formula is C10H13N3O. The van der Waals surface area contributed by atoms with Crippen LogP contribution in [0.4, 0.5) is 5.69 Å². The topological polar surface area (TPSA) is 52.5 Å². The highest BCUT2D eigenvalue weighted by molar-refractivity contribution is 5.74. The van der Waals surface area contributed by atoms with Crippen LogP contribution in [0.5, 0.6) is 5.88 Å². The molecule has 2 rings (SSSR count). The number of nitrogens with zero attached hydrogens (tertiary/aromatic N) is 2. The number of nitrogens with two attached hydrogens (primary N) is 1. The monoisotopic (exact) mass is 191 g/mol. The van der Waals surface area contributed by atoms with Crippen molar-refractivity contribution in [2.45, 2.75) is 13.3 Å². The normalized spacial score (nSPS) is 10.6. The minimum Gasteiger partial charge on any atom is -0.475 e. The molecule has 0 radical (unpaired) electrons. The summed E-state index contributed by atoms with van der Waals surface area (Å²) in [4.78, 5) is 0. The van der Waals surface area contributed by atoms with Crippen LogP contribution in [0.25, 0.3) is 5.52 Å². The second-order valence-electron chi connectivity index (χ2n) is 3.10. The lowest BCUT2D eigenvalue weighted by Gasteiger charge is -1.99. The number of anilines is 1. The molecule has 4 nitrogen and oxygen atoms in total. The number of rotatable bonds is 3. The van der Waals surface area contributed by atoms with Crippen molar-refractivity contribution in [3.05, 3.63) is 24.4 Å². The number of ether oxygens (including phenoxy) is 1. The Hall–Kier alpha value is -1.71. The summed E-state index contributed by atoms with van der Waals surface area (Å²) >= 11 is 0. The van der Waals surface area contributed by atoms with Gasteiger partial charge in [-0.2, -0.15) is 0 Å². The van der Waals surface area contributed by atoms with Crippen molar-refractivity contribution in [1.29, 1.82) is 0 Å². The molecule has 2 aromatic rings. The minimum absolute atomic E-state index is 0.526. The number of nitrogen functional groups attached to an aromatic ring is 1. The van der Waals surface area contributed by atoms with E-state index in [1.165, 1.54) is 0 Å². The predicted octanol–water partition coefficient (Wildman–Crippen LogP) is 1.71. The van der Waals surface area contributed by atoms with Crippen LogP contribution in [0.1, 0.15) is 13.3 Å². The number of aromatic nitrogens is 2. The summed E-state index contributed by atoms with van der Waals surface area (Å²) in [5.41, 5.74) is 7.37. The van der Waals surface area contributed by atoms with Crippen LogP contribution in [-0.2, 0) is 0 Å². The zero-order valence-electron chi connectivity index (χ0n) is 8.10. The highest BCUT2D eigenvalue weighted by atomic mass is 16.5. The first-order valence-corrected chi connectivity index (χ1v) is 4.68. The van der Waals surface area contributed by atoms with Gasteiger partial charge in [0.25, 0.3) is 5.88 Å². The summed E-state index contributed by atoms with van der Waals surface area (Å²) in [5.74, 6) is 0.526. The highest BCUT2D eigenvalue weighted by Crippen LogP contribution is 2.24.